The van der Waals surface area contributed by atoms with Gasteiger partial charge in [-0.3, -0.25) is 4.79 Å². The van der Waals surface area contributed by atoms with Gasteiger partial charge in [-0.25, -0.2) is 9.97 Å². The lowest BCUT2D eigenvalue weighted by Crippen LogP contribution is -2.48. The predicted octanol–water partition coefficient (Wildman–Crippen LogP) is 3.93. The van der Waals surface area contributed by atoms with Crippen LogP contribution in [0.15, 0.2) is 42.5 Å². The fraction of sp³-hybridized carbons (Fsp3) is 0.286. The average molecular weight is 381 g/mol. The molecular formula is C21H21ClN4O. The maximum absolute atomic E-state index is 11.7. The van der Waals surface area contributed by atoms with E-state index < -0.39 is 0 Å². The standard InChI is InChI=1S/C21H21ClN4O/c1-14-6-5-9-18-19(14)21(26-12-10-25(11-13-26)15(2)27)24-20(23-18)16-7-3-4-8-17(16)22/h3-9H,10-13H2,1-2H3. The number of rotatable bonds is 2. The summed E-state index contributed by atoms with van der Waals surface area (Å²) in [4.78, 5) is 25.5. The first kappa shape index (κ1) is 17.7. The molecule has 2 aromatic carbocycles. The third kappa shape index (κ3) is 3.35. The van der Waals surface area contributed by atoms with Crippen LogP contribution in [-0.4, -0.2) is 47.0 Å². The van der Waals surface area contributed by atoms with E-state index in [1.165, 1.54) is 0 Å². The minimum Gasteiger partial charge on any atom is -0.352 e. The third-order valence-electron chi connectivity index (χ3n) is 5.05. The number of carbonyl (C=O) groups is 1. The zero-order chi connectivity index (χ0) is 19.0. The van der Waals surface area contributed by atoms with Crippen LogP contribution < -0.4 is 4.90 Å². The van der Waals surface area contributed by atoms with E-state index in [2.05, 4.69) is 17.9 Å². The van der Waals surface area contributed by atoms with E-state index in [9.17, 15) is 4.79 Å². The molecule has 138 valence electrons. The largest absolute Gasteiger partial charge is 0.352 e. The summed E-state index contributed by atoms with van der Waals surface area (Å²) in [7, 11) is 0. The van der Waals surface area contributed by atoms with Crippen LogP contribution in [0.3, 0.4) is 0 Å². The molecule has 3 aromatic rings. The normalized spacial score (nSPS) is 14.6. The monoisotopic (exact) mass is 380 g/mol. The summed E-state index contributed by atoms with van der Waals surface area (Å²) in [6, 6.07) is 13.7. The van der Waals surface area contributed by atoms with E-state index >= 15 is 0 Å². The van der Waals surface area contributed by atoms with Gasteiger partial charge in [0.15, 0.2) is 5.82 Å². The molecule has 1 aromatic heterocycles. The third-order valence-corrected chi connectivity index (χ3v) is 5.38. The lowest BCUT2D eigenvalue weighted by molar-refractivity contribution is -0.129. The molecule has 0 radical (unpaired) electrons. The number of hydrogen-bond donors (Lipinski definition) is 0. The highest BCUT2D eigenvalue weighted by Crippen LogP contribution is 2.32. The van der Waals surface area contributed by atoms with Crippen LogP contribution in [0.4, 0.5) is 5.82 Å². The van der Waals surface area contributed by atoms with Gasteiger partial charge in [0.05, 0.1) is 10.5 Å². The number of hydrogen-bond acceptors (Lipinski definition) is 4. The molecule has 1 aliphatic heterocycles. The maximum atomic E-state index is 11.7. The Labute approximate surface area is 163 Å². The van der Waals surface area contributed by atoms with Crippen molar-refractivity contribution in [3.63, 3.8) is 0 Å². The minimum atomic E-state index is 0.120. The molecule has 0 bridgehead atoms. The molecule has 0 aliphatic carbocycles. The van der Waals surface area contributed by atoms with Crippen molar-refractivity contribution in [2.75, 3.05) is 31.1 Å². The van der Waals surface area contributed by atoms with Crippen molar-refractivity contribution < 1.29 is 4.79 Å². The summed E-state index contributed by atoms with van der Waals surface area (Å²) in [5, 5.41) is 1.70. The zero-order valence-electron chi connectivity index (χ0n) is 15.4. The Hall–Kier alpha value is -2.66. The number of amides is 1. The lowest BCUT2D eigenvalue weighted by Gasteiger charge is -2.35. The van der Waals surface area contributed by atoms with E-state index in [-0.39, 0.29) is 5.91 Å². The predicted molar refractivity (Wildman–Crippen MR) is 109 cm³/mol. The van der Waals surface area contributed by atoms with Gasteiger partial charge < -0.3 is 9.80 Å². The summed E-state index contributed by atoms with van der Waals surface area (Å²) in [6.45, 7) is 6.61. The average Bonchev–Trinajstić information content (AvgIpc) is 2.68. The van der Waals surface area contributed by atoms with E-state index in [1.807, 2.05) is 41.3 Å². The van der Waals surface area contributed by atoms with Crippen LogP contribution in [0, 0.1) is 6.92 Å². The van der Waals surface area contributed by atoms with Gasteiger partial charge in [-0.15, -0.1) is 0 Å². The maximum Gasteiger partial charge on any atom is 0.219 e. The Morgan fingerprint density at radius 2 is 1.74 bits per heavy atom. The Morgan fingerprint density at radius 3 is 2.44 bits per heavy atom. The number of halogens is 1. The van der Waals surface area contributed by atoms with E-state index in [4.69, 9.17) is 21.6 Å². The summed E-state index contributed by atoms with van der Waals surface area (Å²) < 4.78 is 0. The molecule has 4 rings (SSSR count). The molecule has 0 saturated carbocycles. The van der Waals surface area contributed by atoms with E-state index in [0.29, 0.717) is 23.9 Å². The molecule has 1 amide bonds. The molecule has 0 spiro atoms. The van der Waals surface area contributed by atoms with Crippen molar-refractivity contribution in [2.45, 2.75) is 13.8 Å². The Balaban J connectivity index is 1.83. The van der Waals surface area contributed by atoms with Gasteiger partial charge in [-0.05, 0) is 30.7 Å². The molecule has 5 nitrogen and oxygen atoms in total. The second kappa shape index (κ2) is 7.16. The highest BCUT2D eigenvalue weighted by molar-refractivity contribution is 6.33. The molecule has 2 heterocycles. The number of carbonyl (C=O) groups excluding carboxylic acids is 1. The highest BCUT2D eigenvalue weighted by Gasteiger charge is 2.23. The van der Waals surface area contributed by atoms with E-state index in [0.717, 1.165) is 40.9 Å². The van der Waals surface area contributed by atoms with Crippen molar-refractivity contribution >= 4 is 34.2 Å². The quantitative estimate of drug-likeness (QED) is 0.676. The fourth-order valence-corrected chi connectivity index (χ4v) is 3.78. The summed E-state index contributed by atoms with van der Waals surface area (Å²) in [5.41, 5.74) is 2.87. The molecule has 6 heteroatoms. The van der Waals surface area contributed by atoms with Gasteiger partial charge in [0.25, 0.3) is 0 Å². The van der Waals surface area contributed by atoms with Crippen LogP contribution in [0.2, 0.25) is 5.02 Å². The van der Waals surface area contributed by atoms with Gasteiger partial charge in [0.1, 0.15) is 5.82 Å². The van der Waals surface area contributed by atoms with Gasteiger partial charge >= 0.3 is 0 Å². The van der Waals surface area contributed by atoms with Gasteiger partial charge in [0, 0.05) is 44.1 Å². The minimum absolute atomic E-state index is 0.120. The fourth-order valence-electron chi connectivity index (χ4n) is 3.56. The number of aryl methyl sites for hydroxylation is 1. The SMILES string of the molecule is CC(=O)N1CCN(c2nc(-c3ccccc3Cl)nc3cccc(C)c23)CC1. The lowest BCUT2D eigenvalue weighted by atomic mass is 10.1. The first-order chi connectivity index (χ1) is 13.0. The first-order valence-corrected chi connectivity index (χ1v) is 9.45. The van der Waals surface area contributed by atoms with Crippen LogP contribution in [0.25, 0.3) is 22.3 Å². The summed E-state index contributed by atoms with van der Waals surface area (Å²) >= 11 is 6.40. The molecule has 0 N–H and O–H groups in total. The van der Waals surface area contributed by atoms with Crippen molar-refractivity contribution in [1.29, 1.82) is 0 Å². The van der Waals surface area contributed by atoms with Crippen molar-refractivity contribution in [2.24, 2.45) is 0 Å². The van der Waals surface area contributed by atoms with Crippen molar-refractivity contribution in [1.82, 2.24) is 14.9 Å². The molecule has 27 heavy (non-hydrogen) atoms. The Kier molecular flexibility index (Phi) is 4.70. The van der Waals surface area contributed by atoms with Crippen LogP contribution in [-0.2, 0) is 4.79 Å². The van der Waals surface area contributed by atoms with Crippen LogP contribution in [0.5, 0.6) is 0 Å². The number of aromatic nitrogens is 2. The number of anilines is 1. The van der Waals surface area contributed by atoms with Gasteiger partial charge in [0.2, 0.25) is 5.91 Å². The van der Waals surface area contributed by atoms with Gasteiger partial charge in [-0.2, -0.15) is 0 Å². The van der Waals surface area contributed by atoms with Crippen molar-refractivity contribution in [3.05, 3.63) is 53.1 Å². The first-order valence-electron chi connectivity index (χ1n) is 9.07. The molecular weight excluding hydrogens is 360 g/mol. The molecule has 0 unspecified atom stereocenters. The molecule has 1 saturated heterocycles. The van der Waals surface area contributed by atoms with Crippen molar-refractivity contribution in [3.8, 4) is 11.4 Å². The second-order valence-corrected chi connectivity index (χ2v) is 7.22. The summed E-state index contributed by atoms with van der Waals surface area (Å²) in [5.74, 6) is 1.66. The number of benzene rings is 2. The Morgan fingerprint density at radius 1 is 1.00 bits per heavy atom. The highest BCUT2D eigenvalue weighted by atomic mass is 35.5. The van der Waals surface area contributed by atoms with Crippen LogP contribution in [0.1, 0.15) is 12.5 Å². The topological polar surface area (TPSA) is 49.3 Å². The van der Waals surface area contributed by atoms with Crippen LogP contribution >= 0.6 is 11.6 Å². The Bertz CT molecular complexity index is 1010. The molecule has 0 atom stereocenters. The van der Waals surface area contributed by atoms with Gasteiger partial charge in [-0.1, -0.05) is 35.9 Å². The number of nitrogens with zero attached hydrogens (tertiary/aromatic N) is 4. The molecule has 1 fully saturated rings. The number of piperazine rings is 1. The number of fused-ring (bicyclic) bond motifs is 1. The zero-order valence-corrected chi connectivity index (χ0v) is 16.2. The summed E-state index contributed by atoms with van der Waals surface area (Å²) in [6.07, 6.45) is 0. The smallest absolute Gasteiger partial charge is 0.219 e. The molecule has 1 aliphatic rings. The van der Waals surface area contributed by atoms with E-state index in [1.54, 1.807) is 6.92 Å². The second-order valence-electron chi connectivity index (χ2n) is 6.81.